The molecule has 0 bridgehead atoms. The zero-order chi connectivity index (χ0) is 42.3. The minimum absolute atomic E-state index is 0.356. The zero-order valence-electron chi connectivity index (χ0n) is 33.6. The van der Waals surface area contributed by atoms with Gasteiger partial charge in [-0.1, -0.05) is 66.7 Å². The molecule has 296 valence electrons. The summed E-state index contributed by atoms with van der Waals surface area (Å²) in [4.78, 5) is 27.4. The van der Waals surface area contributed by atoms with Crippen molar-refractivity contribution in [2.45, 2.75) is 40.8 Å². The predicted molar refractivity (Wildman–Crippen MR) is 232 cm³/mol. The molecule has 0 unspecified atom stereocenters. The van der Waals surface area contributed by atoms with Crippen LogP contribution in [0.5, 0.6) is 0 Å². The number of alkyl halides is 3. The van der Waals surface area contributed by atoms with E-state index in [4.69, 9.17) is 0 Å². The summed E-state index contributed by atoms with van der Waals surface area (Å²) in [6, 6.07) is 38.0. The molecule has 0 spiro atoms. The SMILES string of the molecule is Cc1nc(C)nc(-c2ccc3c4ccccc4n(-c4cc(C#N)cc(-n5c6ccccc6c6ccc(-c7nc(C)nc(C)n7)cc65)c4-c4ccc(C(F)(F)F)cc4C)c3c2)n1. The Labute approximate surface area is 347 Å². The van der Waals surface area contributed by atoms with Crippen LogP contribution in [0.4, 0.5) is 13.2 Å². The molecule has 0 fully saturated rings. The number of hydrogen-bond acceptors (Lipinski definition) is 7. The average molecular weight is 806 g/mol. The van der Waals surface area contributed by atoms with Crippen LogP contribution in [0.15, 0.2) is 115 Å². The number of nitriles is 1. The van der Waals surface area contributed by atoms with Gasteiger partial charge < -0.3 is 9.13 Å². The van der Waals surface area contributed by atoms with Crippen LogP contribution in [0.1, 0.15) is 40.0 Å². The molecule has 61 heavy (non-hydrogen) atoms. The fourth-order valence-electron chi connectivity index (χ4n) is 8.65. The van der Waals surface area contributed by atoms with Crippen LogP contribution < -0.4 is 0 Å². The number of hydrogen-bond donors (Lipinski definition) is 0. The molecule has 9 nitrogen and oxygen atoms in total. The van der Waals surface area contributed by atoms with Crippen LogP contribution in [0.3, 0.4) is 0 Å². The average Bonchev–Trinajstić information content (AvgIpc) is 3.74. The first-order chi connectivity index (χ1) is 29.4. The van der Waals surface area contributed by atoms with E-state index in [0.29, 0.717) is 68.6 Å². The Morgan fingerprint density at radius 1 is 0.492 bits per heavy atom. The van der Waals surface area contributed by atoms with E-state index < -0.39 is 11.7 Å². The van der Waals surface area contributed by atoms with Crippen molar-refractivity contribution in [2.75, 3.05) is 0 Å². The molecular formula is C49H34F3N9. The van der Waals surface area contributed by atoms with E-state index in [-0.39, 0.29) is 0 Å². The Bertz CT molecular complexity index is 3270. The number of aryl methyl sites for hydroxylation is 5. The van der Waals surface area contributed by atoms with Gasteiger partial charge in [-0.25, -0.2) is 29.9 Å². The standard InChI is InChI=1S/C49H34F3N9/c1-26-20-34(49(50,51)52)16-19-35(26)46-44(60-40-12-8-6-10-36(40)38-17-14-32(23-42(38)60)47-56-27(2)54-28(3)57-47)21-31(25-53)22-45(46)61-41-13-9-7-11-37(41)39-18-15-33(24-43(39)61)48-58-29(4)55-30(5)59-48/h6-24H,1-5H3. The summed E-state index contributed by atoms with van der Waals surface area (Å²) in [6.07, 6.45) is -4.55. The van der Waals surface area contributed by atoms with Crippen molar-refractivity contribution >= 4 is 43.6 Å². The normalized spacial score (nSPS) is 11.9. The lowest BCUT2D eigenvalue weighted by atomic mass is 9.93. The van der Waals surface area contributed by atoms with Crippen molar-refractivity contribution in [1.29, 1.82) is 5.26 Å². The van der Waals surface area contributed by atoms with E-state index in [2.05, 4.69) is 45.1 Å². The third-order valence-corrected chi connectivity index (χ3v) is 11.1. The van der Waals surface area contributed by atoms with E-state index in [1.54, 1.807) is 6.92 Å². The molecule has 0 aliphatic rings. The van der Waals surface area contributed by atoms with Gasteiger partial charge in [0.05, 0.1) is 50.6 Å². The Kier molecular flexibility index (Phi) is 8.55. The maximum atomic E-state index is 14.3. The molecule has 0 saturated heterocycles. The van der Waals surface area contributed by atoms with Crippen LogP contribution in [-0.2, 0) is 6.18 Å². The van der Waals surface area contributed by atoms with Gasteiger partial charge in [0.25, 0.3) is 0 Å². The van der Waals surface area contributed by atoms with Crippen molar-refractivity contribution in [3.05, 3.63) is 155 Å². The van der Waals surface area contributed by atoms with Crippen molar-refractivity contribution in [2.24, 2.45) is 0 Å². The van der Waals surface area contributed by atoms with E-state index in [0.717, 1.165) is 60.8 Å². The summed E-state index contributed by atoms with van der Waals surface area (Å²) in [5, 5.41) is 14.6. The van der Waals surface area contributed by atoms with Crippen molar-refractivity contribution in [1.82, 2.24) is 39.0 Å². The third-order valence-electron chi connectivity index (χ3n) is 11.1. The van der Waals surface area contributed by atoms with Crippen molar-refractivity contribution < 1.29 is 13.2 Å². The summed E-state index contributed by atoms with van der Waals surface area (Å²) < 4.78 is 47.1. The van der Waals surface area contributed by atoms with E-state index in [1.165, 1.54) is 12.1 Å². The van der Waals surface area contributed by atoms with Crippen LogP contribution in [0, 0.1) is 45.9 Å². The molecule has 4 heterocycles. The molecule has 0 N–H and O–H groups in total. The summed E-state index contributed by atoms with van der Waals surface area (Å²) in [5.74, 6) is 3.38. The van der Waals surface area contributed by atoms with Gasteiger partial charge in [-0.2, -0.15) is 18.4 Å². The molecule has 0 amide bonds. The van der Waals surface area contributed by atoms with Gasteiger partial charge >= 0.3 is 6.18 Å². The highest BCUT2D eigenvalue weighted by Crippen LogP contribution is 2.45. The van der Waals surface area contributed by atoms with Gasteiger partial charge in [0, 0.05) is 38.2 Å². The number of para-hydroxylation sites is 2. The molecule has 0 atom stereocenters. The Morgan fingerprint density at radius 2 is 0.934 bits per heavy atom. The second-order valence-corrected chi connectivity index (χ2v) is 15.2. The molecule has 4 aromatic heterocycles. The maximum Gasteiger partial charge on any atom is 0.416 e. The number of halogens is 3. The fraction of sp³-hybridized carbons (Fsp3) is 0.122. The van der Waals surface area contributed by atoms with Crippen LogP contribution in [-0.4, -0.2) is 39.0 Å². The lowest BCUT2D eigenvalue weighted by molar-refractivity contribution is -0.137. The molecule has 0 saturated carbocycles. The Balaban J connectivity index is 1.37. The highest BCUT2D eigenvalue weighted by molar-refractivity contribution is 6.13. The molecule has 0 radical (unpaired) electrons. The van der Waals surface area contributed by atoms with Gasteiger partial charge in [-0.15, -0.1) is 0 Å². The minimum atomic E-state index is -4.55. The highest BCUT2D eigenvalue weighted by atomic mass is 19.4. The van der Waals surface area contributed by atoms with Crippen LogP contribution in [0.2, 0.25) is 0 Å². The van der Waals surface area contributed by atoms with E-state index in [9.17, 15) is 18.4 Å². The molecule has 10 rings (SSSR count). The lowest BCUT2D eigenvalue weighted by Crippen LogP contribution is -2.08. The van der Waals surface area contributed by atoms with Crippen molar-refractivity contribution in [3.8, 4) is 51.3 Å². The summed E-state index contributed by atoms with van der Waals surface area (Å²) in [6.45, 7) is 8.99. The Morgan fingerprint density at radius 3 is 1.36 bits per heavy atom. The first-order valence-electron chi connectivity index (χ1n) is 19.6. The third kappa shape index (κ3) is 6.25. The quantitative estimate of drug-likeness (QED) is 0.170. The molecule has 0 aliphatic heterocycles. The topological polar surface area (TPSA) is 111 Å². The highest BCUT2D eigenvalue weighted by Gasteiger charge is 2.32. The van der Waals surface area contributed by atoms with Crippen LogP contribution in [0.25, 0.3) is 88.9 Å². The largest absolute Gasteiger partial charge is 0.416 e. The Hall–Kier alpha value is -7.78. The monoisotopic (exact) mass is 805 g/mol. The van der Waals surface area contributed by atoms with Crippen molar-refractivity contribution in [3.63, 3.8) is 0 Å². The van der Waals surface area contributed by atoms with Gasteiger partial charge in [-0.05, 0) is 94.3 Å². The van der Waals surface area contributed by atoms with E-state index >= 15 is 0 Å². The molecule has 6 aromatic carbocycles. The first-order valence-corrected chi connectivity index (χ1v) is 19.6. The zero-order valence-corrected chi connectivity index (χ0v) is 33.6. The minimum Gasteiger partial charge on any atom is -0.308 e. The summed E-state index contributed by atoms with van der Waals surface area (Å²) >= 11 is 0. The number of aromatic nitrogens is 8. The number of rotatable bonds is 5. The first kappa shape index (κ1) is 37.5. The maximum absolute atomic E-state index is 14.3. The van der Waals surface area contributed by atoms with Gasteiger partial charge in [0.15, 0.2) is 11.6 Å². The summed E-state index contributed by atoms with van der Waals surface area (Å²) in [5.41, 5.74) is 7.22. The van der Waals surface area contributed by atoms with E-state index in [1.807, 2.05) is 125 Å². The fourth-order valence-corrected chi connectivity index (χ4v) is 8.65. The molecule has 10 aromatic rings. The van der Waals surface area contributed by atoms with Gasteiger partial charge in [-0.3, -0.25) is 0 Å². The number of benzene rings is 6. The smallest absolute Gasteiger partial charge is 0.308 e. The molecule has 12 heteroatoms. The predicted octanol–water partition coefficient (Wildman–Crippen LogP) is 11.7. The van der Waals surface area contributed by atoms with Crippen LogP contribution >= 0.6 is 0 Å². The second kappa shape index (κ2) is 13.9. The van der Waals surface area contributed by atoms with Gasteiger partial charge in [0.1, 0.15) is 23.3 Å². The number of fused-ring (bicyclic) bond motifs is 6. The van der Waals surface area contributed by atoms with Gasteiger partial charge in [0.2, 0.25) is 0 Å². The molecular weight excluding hydrogens is 772 g/mol. The molecule has 0 aliphatic carbocycles. The second-order valence-electron chi connectivity index (χ2n) is 15.2. The number of nitrogens with zero attached hydrogens (tertiary/aromatic N) is 9. The lowest BCUT2D eigenvalue weighted by Gasteiger charge is -2.22. The summed E-state index contributed by atoms with van der Waals surface area (Å²) in [7, 11) is 0.